The molecule has 22 heavy (non-hydrogen) atoms. The van der Waals surface area contributed by atoms with E-state index in [9.17, 15) is 9.59 Å². The fraction of sp³-hybridized carbons (Fsp3) is 0.529. The molecule has 0 heterocycles. The molecule has 1 aromatic rings. The number of benzene rings is 1. The lowest BCUT2D eigenvalue weighted by Gasteiger charge is -2.23. The number of anilines is 1. The quantitative estimate of drug-likeness (QED) is 0.879. The first-order chi connectivity index (χ1) is 10.6. The number of amides is 2. The summed E-state index contributed by atoms with van der Waals surface area (Å²) in [6, 6.07) is 6.64. The van der Waals surface area contributed by atoms with Crippen LogP contribution in [0.25, 0.3) is 0 Å². The van der Waals surface area contributed by atoms with Crippen molar-refractivity contribution in [3.05, 3.63) is 24.3 Å². The van der Waals surface area contributed by atoms with E-state index < -0.39 is 6.04 Å². The molecule has 0 saturated heterocycles. The van der Waals surface area contributed by atoms with Gasteiger partial charge in [-0.2, -0.15) is 0 Å². The Balaban J connectivity index is 1.90. The lowest BCUT2D eigenvalue weighted by atomic mass is 9.88. The summed E-state index contributed by atoms with van der Waals surface area (Å²) in [5, 5.41) is 5.61. The van der Waals surface area contributed by atoms with E-state index in [2.05, 4.69) is 10.6 Å². The molecule has 0 aliphatic heterocycles. The first-order valence-corrected chi connectivity index (χ1v) is 7.86. The Hall–Kier alpha value is -2.04. The minimum atomic E-state index is -0.570. The Morgan fingerprint density at radius 1 is 1.18 bits per heavy atom. The summed E-state index contributed by atoms with van der Waals surface area (Å²) in [4.78, 5) is 24.4. The van der Waals surface area contributed by atoms with Crippen LogP contribution in [0.5, 0.6) is 5.75 Å². The van der Waals surface area contributed by atoms with Gasteiger partial charge in [0.05, 0.1) is 12.8 Å². The standard InChI is InChI=1S/C17H24N2O3/c1-12(18-17(21)13-8-4-3-5-9-13)16(20)19-14-10-6-7-11-15(14)22-2/h6-7,10-13H,3-5,8-9H2,1-2H3,(H,18,21)(H,19,20)/t12-/m0/s1. The molecule has 2 amide bonds. The highest BCUT2D eigenvalue weighted by molar-refractivity contribution is 5.98. The van der Waals surface area contributed by atoms with Gasteiger partial charge < -0.3 is 15.4 Å². The van der Waals surface area contributed by atoms with Crippen molar-refractivity contribution in [3.63, 3.8) is 0 Å². The second-order valence-corrected chi connectivity index (χ2v) is 5.75. The number of hydrogen-bond acceptors (Lipinski definition) is 3. The number of para-hydroxylation sites is 2. The molecular formula is C17H24N2O3. The summed E-state index contributed by atoms with van der Waals surface area (Å²) < 4.78 is 5.20. The molecule has 0 unspecified atom stereocenters. The zero-order valence-electron chi connectivity index (χ0n) is 13.2. The van der Waals surface area contributed by atoms with Gasteiger partial charge in [0.1, 0.15) is 11.8 Å². The van der Waals surface area contributed by atoms with Gasteiger partial charge in [-0.1, -0.05) is 31.4 Å². The summed E-state index contributed by atoms with van der Waals surface area (Å²) in [7, 11) is 1.55. The Morgan fingerprint density at radius 3 is 2.55 bits per heavy atom. The van der Waals surface area contributed by atoms with E-state index >= 15 is 0 Å². The molecule has 2 N–H and O–H groups in total. The topological polar surface area (TPSA) is 67.4 Å². The zero-order valence-corrected chi connectivity index (χ0v) is 13.2. The van der Waals surface area contributed by atoms with Crippen molar-refractivity contribution in [1.29, 1.82) is 0 Å². The number of rotatable bonds is 5. The minimum Gasteiger partial charge on any atom is -0.495 e. The molecule has 0 spiro atoms. The molecular weight excluding hydrogens is 280 g/mol. The minimum absolute atomic E-state index is 0.0117. The molecule has 120 valence electrons. The van der Waals surface area contributed by atoms with Crippen molar-refractivity contribution in [2.75, 3.05) is 12.4 Å². The van der Waals surface area contributed by atoms with Crippen molar-refractivity contribution in [2.45, 2.75) is 45.1 Å². The molecule has 1 aliphatic carbocycles. The molecule has 2 rings (SSSR count). The number of hydrogen-bond donors (Lipinski definition) is 2. The maximum Gasteiger partial charge on any atom is 0.246 e. The van der Waals surface area contributed by atoms with Crippen molar-refractivity contribution in [2.24, 2.45) is 5.92 Å². The third-order valence-electron chi connectivity index (χ3n) is 4.09. The third-order valence-corrected chi connectivity index (χ3v) is 4.09. The van der Waals surface area contributed by atoms with Crippen LogP contribution < -0.4 is 15.4 Å². The monoisotopic (exact) mass is 304 g/mol. The van der Waals surface area contributed by atoms with E-state index in [0.29, 0.717) is 11.4 Å². The van der Waals surface area contributed by atoms with Crippen molar-refractivity contribution >= 4 is 17.5 Å². The SMILES string of the molecule is COc1ccccc1NC(=O)[C@H](C)NC(=O)C1CCCCC1. The summed E-state index contributed by atoms with van der Waals surface area (Å²) in [5.74, 6) is 0.396. The van der Waals surface area contributed by atoms with Crippen molar-refractivity contribution in [3.8, 4) is 5.75 Å². The number of carbonyl (C=O) groups is 2. The van der Waals surface area contributed by atoms with Gasteiger partial charge in [0.15, 0.2) is 0 Å². The third kappa shape index (κ3) is 4.23. The normalized spacial score (nSPS) is 16.6. The van der Waals surface area contributed by atoms with Crippen molar-refractivity contribution in [1.82, 2.24) is 5.32 Å². The van der Waals surface area contributed by atoms with Crippen LogP contribution in [0.4, 0.5) is 5.69 Å². The lowest BCUT2D eigenvalue weighted by Crippen LogP contribution is -2.44. The average Bonchev–Trinajstić information content (AvgIpc) is 2.56. The van der Waals surface area contributed by atoms with Crippen LogP contribution in [0.1, 0.15) is 39.0 Å². The van der Waals surface area contributed by atoms with Crippen molar-refractivity contribution < 1.29 is 14.3 Å². The number of carbonyl (C=O) groups excluding carboxylic acids is 2. The molecule has 0 radical (unpaired) electrons. The highest BCUT2D eigenvalue weighted by atomic mass is 16.5. The smallest absolute Gasteiger partial charge is 0.246 e. The summed E-state index contributed by atoms with van der Waals surface area (Å²) in [5.41, 5.74) is 0.605. The van der Waals surface area contributed by atoms with Crippen LogP contribution in [0.15, 0.2) is 24.3 Å². The molecule has 5 nitrogen and oxygen atoms in total. The first-order valence-electron chi connectivity index (χ1n) is 7.86. The van der Waals surface area contributed by atoms with E-state index in [-0.39, 0.29) is 17.7 Å². The lowest BCUT2D eigenvalue weighted by molar-refractivity contribution is -0.129. The Kier molecular flexibility index (Phi) is 5.81. The average molecular weight is 304 g/mol. The van der Waals surface area contributed by atoms with Crippen LogP contribution in [0, 0.1) is 5.92 Å². The highest BCUT2D eigenvalue weighted by Crippen LogP contribution is 2.24. The molecule has 1 saturated carbocycles. The summed E-state index contributed by atoms with van der Waals surface area (Å²) >= 11 is 0. The van der Waals surface area contributed by atoms with Crippen LogP contribution in [-0.2, 0) is 9.59 Å². The predicted molar refractivity (Wildman–Crippen MR) is 85.8 cm³/mol. The van der Waals surface area contributed by atoms with Gasteiger partial charge in [-0.15, -0.1) is 0 Å². The second kappa shape index (κ2) is 7.82. The zero-order chi connectivity index (χ0) is 15.9. The molecule has 1 aliphatic rings. The highest BCUT2D eigenvalue weighted by Gasteiger charge is 2.24. The molecule has 1 atom stereocenters. The van der Waals surface area contributed by atoms with E-state index in [1.54, 1.807) is 26.2 Å². The Bertz CT molecular complexity index is 524. The molecule has 5 heteroatoms. The van der Waals surface area contributed by atoms with Crippen LogP contribution in [0.3, 0.4) is 0 Å². The number of ether oxygens (including phenoxy) is 1. The molecule has 1 fully saturated rings. The predicted octanol–water partition coefficient (Wildman–Crippen LogP) is 2.72. The van der Waals surface area contributed by atoms with Gasteiger partial charge in [-0.25, -0.2) is 0 Å². The van der Waals surface area contributed by atoms with Crippen LogP contribution >= 0.6 is 0 Å². The summed E-state index contributed by atoms with van der Waals surface area (Å²) in [6.07, 6.45) is 5.24. The number of methoxy groups -OCH3 is 1. The van der Waals surface area contributed by atoms with Crippen LogP contribution in [-0.4, -0.2) is 25.0 Å². The van der Waals surface area contributed by atoms with Gasteiger partial charge in [0.2, 0.25) is 11.8 Å². The maximum absolute atomic E-state index is 12.2. The maximum atomic E-state index is 12.2. The Labute approximate surface area is 131 Å². The number of nitrogens with one attached hydrogen (secondary N) is 2. The van der Waals surface area contributed by atoms with E-state index in [1.807, 2.05) is 12.1 Å². The molecule has 0 bridgehead atoms. The fourth-order valence-electron chi connectivity index (χ4n) is 2.75. The van der Waals surface area contributed by atoms with Gasteiger partial charge in [0.25, 0.3) is 0 Å². The summed E-state index contributed by atoms with van der Waals surface area (Å²) in [6.45, 7) is 1.70. The second-order valence-electron chi connectivity index (χ2n) is 5.75. The first kappa shape index (κ1) is 16.3. The van der Waals surface area contributed by atoms with Gasteiger partial charge >= 0.3 is 0 Å². The van der Waals surface area contributed by atoms with Gasteiger partial charge in [-0.3, -0.25) is 9.59 Å². The van der Waals surface area contributed by atoms with Crippen LogP contribution in [0.2, 0.25) is 0 Å². The fourth-order valence-corrected chi connectivity index (χ4v) is 2.75. The van der Waals surface area contributed by atoms with E-state index in [1.165, 1.54) is 6.42 Å². The largest absolute Gasteiger partial charge is 0.495 e. The van der Waals surface area contributed by atoms with Gasteiger partial charge in [-0.05, 0) is 31.9 Å². The Morgan fingerprint density at radius 2 is 1.86 bits per heavy atom. The van der Waals surface area contributed by atoms with E-state index in [4.69, 9.17) is 4.74 Å². The molecule has 1 aromatic carbocycles. The van der Waals surface area contributed by atoms with E-state index in [0.717, 1.165) is 25.7 Å². The molecule has 0 aromatic heterocycles. The van der Waals surface area contributed by atoms with Gasteiger partial charge in [0, 0.05) is 5.92 Å².